The Labute approximate surface area is 122 Å². The van der Waals surface area contributed by atoms with Crippen LogP contribution in [-0.2, 0) is 19.5 Å². The van der Waals surface area contributed by atoms with Crippen LogP contribution >= 0.6 is 0 Å². The first-order chi connectivity index (χ1) is 9.83. The molecule has 0 amide bonds. The third-order valence-corrected chi connectivity index (χ3v) is 4.09. The number of sulfonamides is 1. The van der Waals surface area contributed by atoms with E-state index in [4.69, 9.17) is 14.6 Å². The second kappa shape index (κ2) is 7.50. The molecule has 1 aromatic heterocycles. The molecule has 1 aromatic rings. The van der Waals surface area contributed by atoms with Gasteiger partial charge in [-0.2, -0.15) is 5.10 Å². The number of hydrogen-bond donors (Lipinski definition) is 3. The Kier molecular flexibility index (Phi) is 6.27. The van der Waals surface area contributed by atoms with Gasteiger partial charge in [-0.05, 0) is 20.8 Å². The van der Waals surface area contributed by atoms with Crippen molar-refractivity contribution >= 4 is 16.0 Å². The zero-order valence-electron chi connectivity index (χ0n) is 12.0. The van der Waals surface area contributed by atoms with Crippen molar-refractivity contribution in [3.63, 3.8) is 0 Å². The topological polar surface area (TPSA) is 131 Å². The molecule has 0 atom stereocenters. The van der Waals surface area contributed by atoms with E-state index in [1.54, 1.807) is 13.8 Å². The molecule has 0 aromatic carbocycles. The van der Waals surface area contributed by atoms with Crippen LogP contribution < -0.4 is 4.72 Å². The lowest BCUT2D eigenvalue weighted by Gasteiger charge is -2.17. The maximum Gasteiger partial charge on any atom is 0.357 e. The summed E-state index contributed by atoms with van der Waals surface area (Å²) in [6, 6.07) is 0. The zero-order valence-corrected chi connectivity index (χ0v) is 12.9. The average Bonchev–Trinajstić information content (AvgIpc) is 2.79. The zero-order chi connectivity index (χ0) is 16.0. The van der Waals surface area contributed by atoms with Crippen molar-refractivity contribution in [3.05, 3.63) is 11.4 Å². The number of carboxylic acid groups (broad SMARTS) is 1. The van der Waals surface area contributed by atoms with Crippen LogP contribution in [0.1, 0.15) is 30.0 Å². The van der Waals surface area contributed by atoms with Gasteiger partial charge in [0.05, 0.1) is 12.2 Å². The highest BCUT2D eigenvalue weighted by atomic mass is 32.2. The lowest BCUT2D eigenvalue weighted by atomic mass is 10.4. The molecule has 0 fully saturated rings. The Hall–Kier alpha value is -1.49. The smallest absolute Gasteiger partial charge is 0.357 e. The van der Waals surface area contributed by atoms with E-state index in [1.165, 1.54) is 6.92 Å². The molecule has 0 radical (unpaired) electrons. The van der Waals surface area contributed by atoms with Gasteiger partial charge in [-0.3, -0.25) is 5.10 Å². The van der Waals surface area contributed by atoms with Gasteiger partial charge in [0.25, 0.3) is 0 Å². The number of aryl methyl sites for hydroxylation is 1. The standard InChI is InChI=1S/C11H19N3O6S/c1-4-19-8(20-5-2)6-12-21(17,18)10-7(3)13-14-9(10)11(15)16/h8,12H,4-6H2,1-3H3,(H,13,14)(H,15,16). The van der Waals surface area contributed by atoms with Crippen LogP contribution in [0.2, 0.25) is 0 Å². The first-order valence-electron chi connectivity index (χ1n) is 6.34. The van der Waals surface area contributed by atoms with Crippen molar-refractivity contribution in [3.8, 4) is 0 Å². The number of ether oxygens (including phenoxy) is 2. The van der Waals surface area contributed by atoms with Gasteiger partial charge in [-0.25, -0.2) is 17.9 Å². The van der Waals surface area contributed by atoms with Gasteiger partial charge in [0.15, 0.2) is 12.0 Å². The van der Waals surface area contributed by atoms with Crippen molar-refractivity contribution in [2.75, 3.05) is 19.8 Å². The Morgan fingerprint density at radius 2 is 1.95 bits per heavy atom. The number of nitrogens with zero attached hydrogens (tertiary/aromatic N) is 1. The molecule has 10 heteroatoms. The minimum absolute atomic E-state index is 0.131. The number of hydrogen-bond acceptors (Lipinski definition) is 6. The van der Waals surface area contributed by atoms with Crippen molar-refractivity contribution in [2.24, 2.45) is 0 Å². The summed E-state index contributed by atoms with van der Waals surface area (Å²) < 4.78 is 37.1. The number of H-pyrrole nitrogens is 1. The van der Waals surface area contributed by atoms with Crippen LogP contribution in [0.4, 0.5) is 0 Å². The molecular weight excluding hydrogens is 302 g/mol. The molecule has 1 heterocycles. The van der Waals surface area contributed by atoms with Crippen LogP contribution in [0, 0.1) is 6.92 Å². The van der Waals surface area contributed by atoms with Crippen LogP contribution in [0.15, 0.2) is 4.90 Å². The number of aromatic amines is 1. The predicted octanol–water partition coefficient (Wildman–Crippen LogP) is 0.0937. The van der Waals surface area contributed by atoms with E-state index in [9.17, 15) is 13.2 Å². The normalized spacial score (nSPS) is 12.0. The fraction of sp³-hybridized carbons (Fsp3) is 0.636. The summed E-state index contributed by atoms with van der Waals surface area (Å²) >= 11 is 0. The quantitative estimate of drug-likeness (QED) is 0.549. The van der Waals surface area contributed by atoms with Crippen molar-refractivity contribution < 1.29 is 27.8 Å². The van der Waals surface area contributed by atoms with Gasteiger partial charge in [-0.15, -0.1) is 0 Å². The summed E-state index contributed by atoms with van der Waals surface area (Å²) in [7, 11) is -4.04. The van der Waals surface area contributed by atoms with Gasteiger partial charge in [0, 0.05) is 13.2 Å². The van der Waals surface area contributed by atoms with E-state index in [2.05, 4.69) is 14.9 Å². The summed E-state index contributed by atoms with van der Waals surface area (Å²) in [5, 5.41) is 14.8. The molecule has 21 heavy (non-hydrogen) atoms. The summed E-state index contributed by atoms with van der Waals surface area (Å²) in [6.07, 6.45) is -0.740. The van der Waals surface area contributed by atoms with E-state index in [0.29, 0.717) is 13.2 Å². The third kappa shape index (κ3) is 4.49. The maximum absolute atomic E-state index is 12.2. The number of rotatable bonds is 9. The highest BCUT2D eigenvalue weighted by Crippen LogP contribution is 2.17. The molecule has 0 saturated carbocycles. The van der Waals surface area contributed by atoms with E-state index in [0.717, 1.165) is 0 Å². The first-order valence-corrected chi connectivity index (χ1v) is 7.82. The van der Waals surface area contributed by atoms with Gasteiger partial charge < -0.3 is 14.6 Å². The summed E-state index contributed by atoms with van der Waals surface area (Å²) in [5.74, 6) is -1.43. The minimum Gasteiger partial charge on any atom is -0.476 e. The Morgan fingerprint density at radius 3 is 2.43 bits per heavy atom. The van der Waals surface area contributed by atoms with Crippen molar-refractivity contribution in [1.29, 1.82) is 0 Å². The molecule has 0 bridgehead atoms. The SMILES string of the molecule is CCOC(CNS(=O)(=O)c1c(C(=O)O)n[nH]c1C)OCC. The average molecular weight is 321 g/mol. The molecule has 3 N–H and O–H groups in total. The van der Waals surface area contributed by atoms with E-state index in [1.807, 2.05) is 0 Å². The van der Waals surface area contributed by atoms with Gasteiger partial charge >= 0.3 is 5.97 Å². The fourth-order valence-corrected chi connectivity index (χ4v) is 3.02. The monoisotopic (exact) mass is 321 g/mol. The Bertz CT molecular complexity index is 577. The van der Waals surface area contributed by atoms with Gasteiger partial charge in [0.1, 0.15) is 4.90 Å². The van der Waals surface area contributed by atoms with Gasteiger partial charge in [-0.1, -0.05) is 0 Å². The fourth-order valence-electron chi connectivity index (χ4n) is 1.68. The highest BCUT2D eigenvalue weighted by molar-refractivity contribution is 7.89. The molecule has 0 saturated heterocycles. The Balaban J connectivity index is 2.91. The number of carbonyl (C=O) groups is 1. The predicted molar refractivity (Wildman–Crippen MR) is 72.5 cm³/mol. The second-order valence-electron chi connectivity index (χ2n) is 4.02. The molecule has 0 aliphatic heterocycles. The molecule has 1 rings (SSSR count). The summed E-state index contributed by atoms with van der Waals surface area (Å²) in [6.45, 7) is 5.52. The third-order valence-electron chi connectivity index (χ3n) is 2.51. The lowest BCUT2D eigenvalue weighted by Crippen LogP contribution is -2.36. The molecular formula is C11H19N3O6S. The number of aromatic nitrogens is 2. The largest absolute Gasteiger partial charge is 0.476 e. The van der Waals surface area contributed by atoms with Crippen molar-refractivity contribution in [1.82, 2.24) is 14.9 Å². The first kappa shape index (κ1) is 17.6. The highest BCUT2D eigenvalue weighted by Gasteiger charge is 2.28. The van der Waals surface area contributed by atoms with E-state index in [-0.39, 0.29) is 17.1 Å². The molecule has 0 unspecified atom stereocenters. The minimum atomic E-state index is -4.04. The van der Waals surface area contributed by atoms with Crippen LogP contribution in [0.5, 0.6) is 0 Å². The second-order valence-corrected chi connectivity index (χ2v) is 5.73. The van der Waals surface area contributed by atoms with Crippen molar-refractivity contribution in [2.45, 2.75) is 32.0 Å². The molecule has 0 aliphatic rings. The molecule has 0 aliphatic carbocycles. The lowest BCUT2D eigenvalue weighted by molar-refractivity contribution is -0.130. The molecule has 120 valence electrons. The molecule has 0 spiro atoms. The number of carboxylic acids is 1. The van der Waals surface area contributed by atoms with Crippen LogP contribution in [0.3, 0.4) is 0 Å². The van der Waals surface area contributed by atoms with Crippen LogP contribution in [0.25, 0.3) is 0 Å². The maximum atomic E-state index is 12.2. The van der Waals surface area contributed by atoms with Crippen LogP contribution in [-0.4, -0.2) is 55.7 Å². The van der Waals surface area contributed by atoms with Gasteiger partial charge in [0.2, 0.25) is 10.0 Å². The summed E-state index contributed by atoms with van der Waals surface area (Å²) in [4.78, 5) is 10.6. The van der Waals surface area contributed by atoms with E-state index < -0.39 is 28.0 Å². The Morgan fingerprint density at radius 1 is 1.38 bits per heavy atom. The number of nitrogens with one attached hydrogen (secondary N) is 2. The van der Waals surface area contributed by atoms with E-state index >= 15 is 0 Å². The molecule has 9 nitrogen and oxygen atoms in total. The summed E-state index contributed by atoms with van der Waals surface area (Å²) in [5.41, 5.74) is -0.409. The number of aromatic carboxylic acids is 1.